The van der Waals surface area contributed by atoms with Crippen molar-refractivity contribution < 1.29 is 28.3 Å². The number of oxime groups is 2. The number of benzene rings is 2. The quantitative estimate of drug-likeness (QED) is 0.350. The smallest absolute Gasteiger partial charge is 0.360 e. The molecule has 0 aliphatic carbocycles. The molecule has 0 unspecified atom stereocenters. The van der Waals surface area contributed by atoms with Crippen molar-refractivity contribution in [2.75, 3.05) is 27.9 Å². The van der Waals surface area contributed by atoms with Gasteiger partial charge in [-0.25, -0.2) is 9.18 Å². The monoisotopic (exact) mass is 422 g/mol. The zero-order valence-corrected chi connectivity index (χ0v) is 16.9. The van der Waals surface area contributed by atoms with Gasteiger partial charge in [0, 0.05) is 28.8 Å². The Morgan fingerprint density at radius 1 is 1.10 bits per heavy atom. The van der Waals surface area contributed by atoms with E-state index in [0.717, 1.165) is 0 Å². The van der Waals surface area contributed by atoms with Crippen LogP contribution in [0, 0.1) is 5.82 Å². The van der Waals surface area contributed by atoms with Crippen LogP contribution in [0.3, 0.4) is 0 Å². The van der Waals surface area contributed by atoms with Gasteiger partial charge in [-0.2, -0.15) is 0 Å². The second-order valence-electron chi connectivity index (χ2n) is 5.63. The number of ether oxygens (including phenoxy) is 2. The second-order valence-corrected chi connectivity index (χ2v) is 6.04. The molecular formula is C20H20ClFN2O5. The van der Waals surface area contributed by atoms with E-state index < -0.39 is 11.8 Å². The van der Waals surface area contributed by atoms with Crippen molar-refractivity contribution in [1.82, 2.24) is 0 Å². The van der Waals surface area contributed by atoms with Gasteiger partial charge >= 0.3 is 5.97 Å². The average Bonchev–Trinajstić information content (AvgIpc) is 2.72. The van der Waals surface area contributed by atoms with Crippen LogP contribution in [0.4, 0.5) is 4.39 Å². The maximum Gasteiger partial charge on any atom is 0.360 e. The van der Waals surface area contributed by atoms with E-state index in [1.54, 1.807) is 30.3 Å². The van der Waals surface area contributed by atoms with Crippen molar-refractivity contribution in [2.45, 2.75) is 6.61 Å². The van der Waals surface area contributed by atoms with Crippen LogP contribution in [-0.2, 0) is 30.6 Å². The summed E-state index contributed by atoms with van der Waals surface area (Å²) in [7, 11) is 4.03. The van der Waals surface area contributed by atoms with Crippen LogP contribution in [0.2, 0.25) is 5.02 Å². The van der Waals surface area contributed by atoms with Gasteiger partial charge in [0.15, 0.2) is 5.71 Å². The molecule has 0 radical (unpaired) electrons. The molecule has 0 aliphatic heterocycles. The van der Waals surface area contributed by atoms with Crippen LogP contribution in [-0.4, -0.2) is 45.3 Å². The summed E-state index contributed by atoms with van der Waals surface area (Å²) in [6.45, 7) is 0.0225. The number of methoxy groups -OCH3 is 2. The molecule has 2 aromatic rings. The molecular weight excluding hydrogens is 403 g/mol. The number of carbonyl (C=O) groups is 1. The molecule has 0 saturated carbocycles. The summed E-state index contributed by atoms with van der Waals surface area (Å²) >= 11 is 6.29. The molecule has 0 aliphatic rings. The third-order valence-corrected chi connectivity index (χ3v) is 4.11. The lowest BCUT2D eigenvalue weighted by atomic mass is 10.0. The Hall–Kier alpha value is -2.97. The van der Waals surface area contributed by atoms with E-state index >= 15 is 0 Å². The van der Waals surface area contributed by atoms with E-state index in [-0.39, 0.29) is 18.9 Å². The highest BCUT2D eigenvalue weighted by Crippen LogP contribution is 2.23. The van der Waals surface area contributed by atoms with Crippen LogP contribution < -0.4 is 0 Å². The van der Waals surface area contributed by atoms with Crippen molar-refractivity contribution >= 4 is 29.0 Å². The van der Waals surface area contributed by atoms with Crippen LogP contribution in [0.5, 0.6) is 0 Å². The Balaban J connectivity index is 2.33. The Morgan fingerprint density at radius 3 is 2.52 bits per heavy atom. The molecule has 0 fully saturated rings. The van der Waals surface area contributed by atoms with Gasteiger partial charge in [-0.1, -0.05) is 46.2 Å². The molecule has 0 heterocycles. The largest absolute Gasteiger partial charge is 0.464 e. The third-order valence-electron chi connectivity index (χ3n) is 3.76. The van der Waals surface area contributed by atoms with Crippen LogP contribution in [0.15, 0.2) is 52.8 Å². The first kappa shape index (κ1) is 22.3. The Kier molecular flexibility index (Phi) is 8.57. The van der Waals surface area contributed by atoms with E-state index in [4.69, 9.17) is 30.7 Å². The lowest BCUT2D eigenvalue weighted by Crippen LogP contribution is -2.19. The summed E-state index contributed by atoms with van der Waals surface area (Å²) in [5.41, 5.74) is 1.67. The molecule has 0 spiro atoms. The number of nitrogens with zero attached hydrogens (tertiary/aromatic N) is 2. The minimum absolute atomic E-state index is 0.0673. The van der Waals surface area contributed by atoms with Gasteiger partial charge in [0.05, 0.1) is 13.7 Å². The molecule has 2 rings (SSSR count). The summed E-state index contributed by atoms with van der Waals surface area (Å²) in [6.07, 6.45) is 0. The summed E-state index contributed by atoms with van der Waals surface area (Å²) < 4.78 is 23.4. The van der Waals surface area contributed by atoms with E-state index in [1.165, 1.54) is 33.5 Å². The van der Waals surface area contributed by atoms with Gasteiger partial charge in [0.1, 0.15) is 25.2 Å². The van der Waals surface area contributed by atoms with Gasteiger partial charge in [-0.3, -0.25) is 0 Å². The Morgan fingerprint density at radius 2 is 1.86 bits per heavy atom. The highest BCUT2D eigenvalue weighted by atomic mass is 35.5. The van der Waals surface area contributed by atoms with Crippen molar-refractivity contribution in [1.29, 1.82) is 0 Å². The van der Waals surface area contributed by atoms with Crippen LogP contribution in [0.25, 0.3) is 0 Å². The molecule has 154 valence electrons. The van der Waals surface area contributed by atoms with Gasteiger partial charge < -0.3 is 19.1 Å². The van der Waals surface area contributed by atoms with Crippen LogP contribution >= 0.6 is 11.6 Å². The molecule has 0 N–H and O–H groups in total. The number of rotatable bonds is 9. The van der Waals surface area contributed by atoms with E-state index in [9.17, 15) is 9.18 Å². The molecule has 0 saturated heterocycles. The molecule has 0 atom stereocenters. The summed E-state index contributed by atoms with van der Waals surface area (Å²) in [5, 5.41) is 8.12. The fourth-order valence-corrected chi connectivity index (χ4v) is 2.68. The molecule has 9 heteroatoms. The van der Waals surface area contributed by atoms with Gasteiger partial charge in [-0.05, 0) is 18.2 Å². The molecule has 0 bridgehead atoms. The number of hydrogen-bond donors (Lipinski definition) is 0. The minimum Gasteiger partial charge on any atom is -0.464 e. The zero-order chi connectivity index (χ0) is 21.2. The summed E-state index contributed by atoms with van der Waals surface area (Å²) in [5.74, 6) is -1.10. The molecule has 29 heavy (non-hydrogen) atoms. The first-order valence-electron chi connectivity index (χ1n) is 8.42. The predicted octanol–water partition coefficient (Wildman–Crippen LogP) is 3.57. The van der Waals surface area contributed by atoms with Crippen molar-refractivity contribution in [3.63, 3.8) is 0 Å². The lowest BCUT2D eigenvalue weighted by Gasteiger charge is -2.12. The highest BCUT2D eigenvalue weighted by molar-refractivity contribution is 6.44. The predicted molar refractivity (Wildman–Crippen MR) is 107 cm³/mol. The fourth-order valence-electron chi connectivity index (χ4n) is 2.45. The van der Waals surface area contributed by atoms with Gasteiger partial charge in [0.2, 0.25) is 0 Å². The average molecular weight is 423 g/mol. The first-order valence-corrected chi connectivity index (χ1v) is 8.80. The lowest BCUT2D eigenvalue weighted by molar-refractivity contribution is -0.132. The molecule has 7 nitrogen and oxygen atoms in total. The molecule has 2 aromatic carbocycles. The topological polar surface area (TPSA) is 78.7 Å². The fraction of sp³-hybridized carbons (Fsp3) is 0.250. The van der Waals surface area contributed by atoms with E-state index in [0.29, 0.717) is 27.4 Å². The summed E-state index contributed by atoms with van der Waals surface area (Å²) in [4.78, 5) is 22.2. The first-order chi connectivity index (χ1) is 14.0. The maximum atomic E-state index is 13.5. The molecule has 0 amide bonds. The SMILES string of the molecule is COC/C(=N\OCc1c(Cl)cccc1/C(=N\OC)C(=O)OC)c1cccc(F)c1. The van der Waals surface area contributed by atoms with Crippen molar-refractivity contribution in [3.8, 4) is 0 Å². The number of halogens is 2. The van der Waals surface area contributed by atoms with E-state index in [1.807, 2.05) is 0 Å². The second kappa shape index (κ2) is 11.1. The Labute approximate surface area is 172 Å². The van der Waals surface area contributed by atoms with Crippen molar-refractivity contribution in [3.05, 3.63) is 70.0 Å². The molecule has 0 aromatic heterocycles. The standard InChI is InChI=1S/C20H20ClFN2O5/c1-26-12-18(13-6-4-7-14(22)10-13)23-29-11-16-15(8-5-9-17(16)21)19(24-28-3)20(25)27-2/h4-10H,11-12H2,1-3H3/b23-18+,24-19+. The normalized spacial score (nSPS) is 11.9. The van der Waals surface area contributed by atoms with Gasteiger partial charge in [0.25, 0.3) is 0 Å². The van der Waals surface area contributed by atoms with Crippen molar-refractivity contribution in [2.24, 2.45) is 10.3 Å². The highest BCUT2D eigenvalue weighted by Gasteiger charge is 2.21. The Bertz CT molecular complexity index is 917. The van der Waals surface area contributed by atoms with Gasteiger partial charge in [-0.15, -0.1) is 0 Å². The number of esters is 1. The zero-order valence-electron chi connectivity index (χ0n) is 16.1. The summed E-state index contributed by atoms with van der Waals surface area (Å²) in [6, 6.07) is 10.8. The third kappa shape index (κ3) is 6.00. The van der Waals surface area contributed by atoms with E-state index in [2.05, 4.69) is 10.3 Å². The number of carbonyl (C=O) groups excluding carboxylic acids is 1. The number of hydrogen-bond acceptors (Lipinski definition) is 7. The van der Waals surface area contributed by atoms with Crippen LogP contribution in [0.1, 0.15) is 16.7 Å². The minimum atomic E-state index is -0.696. The maximum absolute atomic E-state index is 13.5.